The highest BCUT2D eigenvalue weighted by molar-refractivity contribution is 5.92. The minimum atomic E-state index is -0.271. The molecule has 0 spiro atoms. The first kappa shape index (κ1) is 15.6. The highest BCUT2D eigenvalue weighted by Crippen LogP contribution is 2.35. The average Bonchev–Trinajstić information content (AvgIpc) is 3.16. The number of furan rings is 1. The molecule has 1 aromatic rings. The molecule has 1 aromatic heterocycles. The van der Waals surface area contributed by atoms with Crippen molar-refractivity contribution in [1.29, 1.82) is 0 Å². The summed E-state index contributed by atoms with van der Waals surface area (Å²) in [6.45, 7) is 1.13. The fraction of sp³-hybridized carbons (Fsp3) is 0.706. The van der Waals surface area contributed by atoms with Gasteiger partial charge in [-0.3, -0.25) is 4.79 Å². The van der Waals surface area contributed by atoms with Crippen molar-refractivity contribution < 1.29 is 19.1 Å². The second kappa shape index (κ2) is 6.84. The van der Waals surface area contributed by atoms with E-state index in [9.17, 15) is 9.90 Å². The molecular formula is C17H25NO4. The van der Waals surface area contributed by atoms with Crippen molar-refractivity contribution in [3.05, 3.63) is 23.7 Å². The van der Waals surface area contributed by atoms with E-state index in [4.69, 9.17) is 9.15 Å². The van der Waals surface area contributed by atoms with E-state index in [1.807, 2.05) is 4.90 Å². The molecule has 0 aromatic carbocycles. The predicted molar refractivity (Wildman–Crippen MR) is 81.4 cm³/mol. The molecule has 22 heavy (non-hydrogen) atoms. The van der Waals surface area contributed by atoms with Crippen LogP contribution in [0.3, 0.4) is 0 Å². The highest BCUT2D eigenvalue weighted by atomic mass is 16.5. The van der Waals surface area contributed by atoms with E-state index in [2.05, 4.69) is 0 Å². The van der Waals surface area contributed by atoms with Crippen LogP contribution >= 0.6 is 0 Å². The van der Waals surface area contributed by atoms with Crippen LogP contribution in [-0.2, 0) is 11.3 Å². The van der Waals surface area contributed by atoms with Crippen molar-refractivity contribution >= 4 is 5.91 Å². The van der Waals surface area contributed by atoms with Gasteiger partial charge in [-0.05, 0) is 37.8 Å². The molecule has 1 N–H and O–H groups in total. The molecule has 1 aliphatic heterocycles. The SMILES string of the molecule is COCc1ccc(C(=O)N2CCC[C@@H]2[C@H]2CCCC[C@@H]2O)o1. The Morgan fingerprint density at radius 2 is 2.14 bits per heavy atom. The molecule has 5 heteroatoms. The van der Waals surface area contributed by atoms with Gasteiger partial charge < -0.3 is 19.2 Å². The Labute approximate surface area is 131 Å². The fourth-order valence-corrected chi connectivity index (χ4v) is 3.93. The van der Waals surface area contributed by atoms with E-state index in [-0.39, 0.29) is 24.0 Å². The monoisotopic (exact) mass is 307 g/mol. The lowest BCUT2D eigenvalue weighted by molar-refractivity contribution is 0.0198. The van der Waals surface area contributed by atoms with Crippen LogP contribution in [0.5, 0.6) is 0 Å². The van der Waals surface area contributed by atoms with Crippen molar-refractivity contribution in [1.82, 2.24) is 4.90 Å². The summed E-state index contributed by atoms with van der Waals surface area (Å²) in [6.07, 6.45) is 5.85. The number of carbonyl (C=O) groups is 1. The van der Waals surface area contributed by atoms with Gasteiger partial charge in [0.05, 0.1) is 6.10 Å². The van der Waals surface area contributed by atoms with Gasteiger partial charge in [-0.2, -0.15) is 0 Å². The minimum absolute atomic E-state index is 0.0531. The molecule has 2 fully saturated rings. The first-order chi connectivity index (χ1) is 10.7. The first-order valence-corrected chi connectivity index (χ1v) is 8.27. The van der Waals surface area contributed by atoms with Crippen molar-refractivity contribution in [3.63, 3.8) is 0 Å². The van der Waals surface area contributed by atoms with Gasteiger partial charge in [0.15, 0.2) is 5.76 Å². The van der Waals surface area contributed by atoms with Crippen LogP contribution in [0.25, 0.3) is 0 Å². The van der Waals surface area contributed by atoms with Gasteiger partial charge in [-0.25, -0.2) is 0 Å². The van der Waals surface area contributed by atoms with Gasteiger partial charge in [0.25, 0.3) is 5.91 Å². The second-order valence-corrected chi connectivity index (χ2v) is 6.42. The number of rotatable bonds is 4. The Morgan fingerprint density at radius 3 is 2.91 bits per heavy atom. The molecule has 3 atom stereocenters. The van der Waals surface area contributed by atoms with E-state index in [1.54, 1.807) is 19.2 Å². The Kier molecular flexibility index (Phi) is 4.84. The van der Waals surface area contributed by atoms with Gasteiger partial charge in [-0.15, -0.1) is 0 Å². The number of amides is 1. The number of carbonyl (C=O) groups excluding carboxylic acids is 1. The van der Waals surface area contributed by atoms with Crippen LogP contribution in [0.15, 0.2) is 16.5 Å². The number of aliphatic hydroxyl groups is 1. The molecule has 1 aliphatic carbocycles. The quantitative estimate of drug-likeness (QED) is 0.928. The molecule has 2 aliphatic rings. The number of hydrogen-bond acceptors (Lipinski definition) is 4. The summed E-state index contributed by atoms with van der Waals surface area (Å²) in [4.78, 5) is 14.6. The fourth-order valence-electron chi connectivity index (χ4n) is 3.93. The zero-order valence-corrected chi connectivity index (χ0v) is 13.2. The summed E-state index contributed by atoms with van der Waals surface area (Å²) in [5.74, 6) is 1.21. The van der Waals surface area contributed by atoms with Crippen molar-refractivity contribution in [3.8, 4) is 0 Å². The lowest BCUT2D eigenvalue weighted by Gasteiger charge is -2.36. The lowest BCUT2D eigenvalue weighted by atomic mass is 9.80. The molecule has 1 saturated heterocycles. The van der Waals surface area contributed by atoms with Gasteiger partial charge in [0.2, 0.25) is 0 Å². The molecular weight excluding hydrogens is 282 g/mol. The number of aliphatic hydroxyl groups excluding tert-OH is 1. The van der Waals surface area contributed by atoms with Gasteiger partial charge in [0, 0.05) is 25.6 Å². The summed E-state index contributed by atoms with van der Waals surface area (Å²) in [7, 11) is 1.60. The Balaban J connectivity index is 1.72. The number of likely N-dealkylation sites (tertiary alicyclic amines) is 1. The van der Waals surface area contributed by atoms with E-state index in [0.29, 0.717) is 18.1 Å². The maximum Gasteiger partial charge on any atom is 0.289 e. The second-order valence-electron chi connectivity index (χ2n) is 6.42. The first-order valence-electron chi connectivity index (χ1n) is 8.27. The zero-order valence-electron chi connectivity index (χ0n) is 13.2. The van der Waals surface area contributed by atoms with E-state index >= 15 is 0 Å². The Bertz CT molecular complexity index is 513. The summed E-state index contributed by atoms with van der Waals surface area (Å²) in [5.41, 5.74) is 0. The Morgan fingerprint density at radius 1 is 1.32 bits per heavy atom. The average molecular weight is 307 g/mol. The highest BCUT2D eigenvalue weighted by Gasteiger charge is 2.39. The number of hydrogen-bond donors (Lipinski definition) is 1. The van der Waals surface area contributed by atoms with E-state index in [0.717, 1.165) is 45.1 Å². The largest absolute Gasteiger partial charge is 0.453 e. The molecule has 1 saturated carbocycles. The predicted octanol–water partition coefficient (Wildman–Crippen LogP) is 2.58. The molecule has 0 radical (unpaired) electrons. The van der Waals surface area contributed by atoms with E-state index < -0.39 is 0 Å². The van der Waals surface area contributed by atoms with Crippen LogP contribution in [0, 0.1) is 5.92 Å². The van der Waals surface area contributed by atoms with Gasteiger partial charge in [0.1, 0.15) is 12.4 Å². The molecule has 5 nitrogen and oxygen atoms in total. The summed E-state index contributed by atoms with van der Waals surface area (Å²) in [5, 5.41) is 10.3. The lowest BCUT2D eigenvalue weighted by Crippen LogP contribution is -2.45. The Hall–Kier alpha value is -1.33. The van der Waals surface area contributed by atoms with Crippen LogP contribution < -0.4 is 0 Å². The van der Waals surface area contributed by atoms with Crippen LogP contribution in [0.2, 0.25) is 0 Å². The zero-order chi connectivity index (χ0) is 15.5. The summed E-state index contributed by atoms with van der Waals surface area (Å²) in [6, 6.07) is 3.67. The number of methoxy groups -OCH3 is 1. The summed E-state index contributed by atoms with van der Waals surface area (Å²) >= 11 is 0. The molecule has 3 rings (SSSR count). The van der Waals surface area contributed by atoms with Crippen molar-refractivity contribution in [2.24, 2.45) is 5.92 Å². The number of ether oxygens (including phenoxy) is 1. The maximum absolute atomic E-state index is 12.7. The third kappa shape index (κ3) is 3.06. The molecule has 0 bridgehead atoms. The van der Waals surface area contributed by atoms with Crippen molar-refractivity contribution in [2.45, 2.75) is 57.3 Å². The standard InChI is InChI=1S/C17H25NO4/c1-21-11-12-8-9-16(22-12)17(20)18-10-4-6-14(18)13-5-2-3-7-15(13)19/h8-9,13-15,19H,2-7,10-11H2,1H3/t13-,14-,15+/m1/s1. The number of nitrogens with zero attached hydrogens (tertiary/aromatic N) is 1. The van der Waals surface area contributed by atoms with Crippen LogP contribution in [0.1, 0.15) is 54.8 Å². The third-order valence-corrected chi connectivity index (χ3v) is 4.99. The maximum atomic E-state index is 12.7. The molecule has 0 unspecified atom stereocenters. The van der Waals surface area contributed by atoms with Gasteiger partial charge in [-0.1, -0.05) is 12.8 Å². The third-order valence-electron chi connectivity index (χ3n) is 4.99. The van der Waals surface area contributed by atoms with Gasteiger partial charge >= 0.3 is 0 Å². The summed E-state index contributed by atoms with van der Waals surface area (Å²) < 4.78 is 10.6. The topological polar surface area (TPSA) is 62.9 Å². The molecule has 122 valence electrons. The smallest absolute Gasteiger partial charge is 0.289 e. The molecule has 2 heterocycles. The molecule has 1 amide bonds. The van der Waals surface area contributed by atoms with Crippen molar-refractivity contribution in [2.75, 3.05) is 13.7 Å². The van der Waals surface area contributed by atoms with E-state index in [1.165, 1.54) is 0 Å². The van der Waals surface area contributed by atoms with Crippen LogP contribution in [0.4, 0.5) is 0 Å². The normalized spacial score (nSPS) is 29.0. The minimum Gasteiger partial charge on any atom is -0.453 e. The van der Waals surface area contributed by atoms with Crippen LogP contribution in [-0.4, -0.2) is 41.7 Å².